The van der Waals surface area contributed by atoms with Crippen molar-refractivity contribution in [3.05, 3.63) is 29.8 Å². The first-order chi connectivity index (χ1) is 8.17. The van der Waals surface area contributed by atoms with Crippen LogP contribution in [0.4, 0.5) is 4.79 Å². The SMILES string of the molecule is COc1cccc(C(C)NC(=O)OCCO)c1. The maximum atomic E-state index is 11.3. The quantitative estimate of drug-likeness (QED) is 0.816. The molecule has 1 unspecified atom stereocenters. The first kappa shape index (κ1) is 13.3. The van der Waals surface area contributed by atoms with Gasteiger partial charge in [0.1, 0.15) is 12.4 Å². The van der Waals surface area contributed by atoms with Crippen molar-refractivity contribution in [3.8, 4) is 5.75 Å². The Labute approximate surface area is 100 Å². The number of carbonyl (C=O) groups excluding carboxylic acids is 1. The van der Waals surface area contributed by atoms with Crippen molar-refractivity contribution in [2.24, 2.45) is 0 Å². The summed E-state index contributed by atoms with van der Waals surface area (Å²) in [5, 5.41) is 11.2. The van der Waals surface area contributed by atoms with E-state index in [0.29, 0.717) is 0 Å². The molecule has 0 bridgehead atoms. The second kappa shape index (κ2) is 6.75. The molecule has 0 radical (unpaired) electrons. The van der Waals surface area contributed by atoms with Gasteiger partial charge in [-0.2, -0.15) is 0 Å². The van der Waals surface area contributed by atoms with Gasteiger partial charge in [0.2, 0.25) is 0 Å². The van der Waals surface area contributed by atoms with E-state index in [4.69, 9.17) is 14.6 Å². The van der Waals surface area contributed by atoms with Gasteiger partial charge in [-0.05, 0) is 24.6 Å². The molecule has 1 amide bonds. The summed E-state index contributed by atoms with van der Waals surface area (Å²) in [5.41, 5.74) is 0.922. The Balaban J connectivity index is 2.56. The van der Waals surface area contributed by atoms with Crippen molar-refractivity contribution >= 4 is 6.09 Å². The Morgan fingerprint density at radius 3 is 2.94 bits per heavy atom. The third kappa shape index (κ3) is 4.32. The first-order valence-corrected chi connectivity index (χ1v) is 5.35. The van der Waals surface area contributed by atoms with Gasteiger partial charge < -0.3 is 19.9 Å². The molecule has 1 rings (SSSR count). The molecule has 0 fully saturated rings. The maximum Gasteiger partial charge on any atom is 0.407 e. The van der Waals surface area contributed by atoms with Crippen LogP contribution in [0.25, 0.3) is 0 Å². The van der Waals surface area contributed by atoms with Crippen LogP contribution in [0.2, 0.25) is 0 Å². The number of aliphatic hydroxyl groups is 1. The Morgan fingerprint density at radius 2 is 2.29 bits per heavy atom. The van der Waals surface area contributed by atoms with Crippen molar-refractivity contribution in [2.75, 3.05) is 20.3 Å². The molecule has 1 aromatic carbocycles. The van der Waals surface area contributed by atoms with Gasteiger partial charge in [0, 0.05) is 0 Å². The second-order valence-electron chi connectivity index (χ2n) is 3.50. The van der Waals surface area contributed by atoms with E-state index in [1.54, 1.807) is 7.11 Å². The summed E-state index contributed by atoms with van der Waals surface area (Å²) in [6.45, 7) is 1.66. The molecule has 0 heterocycles. The summed E-state index contributed by atoms with van der Waals surface area (Å²) in [4.78, 5) is 11.3. The molecule has 5 heteroatoms. The molecule has 1 aromatic rings. The van der Waals surface area contributed by atoms with E-state index in [1.165, 1.54) is 0 Å². The van der Waals surface area contributed by atoms with Crippen LogP contribution in [0.3, 0.4) is 0 Å². The van der Waals surface area contributed by atoms with Crippen molar-refractivity contribution in [1.82, 2.24) is 5.32 Å². The van der Waals surface area contributed by atoms with E-state index in [0.717, 1.165) is 11.3 Å². The van der Waals surface area contributed by atoms with Gasteiger partial charge in [-0.25, -0.2) is 4.79 Å². The molecule has 0 spiro atoms. The fourth-order valence-corrected chi connectivity index (χ4v) is 1.35. The Hall–Kier alpha value is -1.75. The number of hydrogen-bond acceptors (Lipinski definition) is 4. The lowest BCUT2D eigenvalue weighted by Crippen LogP contribution is -2.28. The lowest BCUT2D eigenvalue weighted by Gasteiger charge is -2.14. The summed E-state index contributed by atoms with van der Waals surface area (Å²) in [7, 11) is 1.59. The number of ether oxygens (including phenoxy) is 2. The van der Waals surface area contributed by atoms with E-state index in [9.17, 15) is 4.79 Å². The van der Waals surface area contributed by atoms with Gasteiger partial charge in [0.25, 0.3) is 0 Å². The van der Waals surface area contributed by atoms with Gasteiger partial charge in [0.15, 0.2) is 0 Å². The average molecular weight is 239 g/mol. The van der Waals surface area contributed by atoms with Crippen LogP contribution in [0, 0.1) is 0 Å². The first-order valence-electron chi connectivity index (χ1n) is 5.35. The van der Waals surface area contributed by atoms with Gasteiger partial charge in [-0.3, -0.25) is 0 Å². The molecule has 2 N–H and O–H groups in total. The zero-order valence-corrected chi connectivity index (χ0v) is 9.97. The molecule has 0 aliphatic carbocycles. The van der Waals surface area contributed by atoms with Gasteiger partial charge in [0.05, 0.1) is 19.8 Å². The molecule has 0 aliphatic heterocycles. The molecule has 1 atom stereocenters. The summed E-state index contributed by atoms with van der Waals surface area (Å²) < 4.78 is 9.81. The second-order valence-corrected chi connectivity index (χ2v) is 3.50. The topological polar surface area (TPSA) is 67.8 Å². The Bertz CT molecular complexity index is 367. The molecule has 0 saturated carbocycles. The van der Waals surface area contributed by atoms with Crippen LogP contribution < -0.4 is 10.1 Å². The fourth-order valence-electron chi connectivity index (χ4n) is 1.35. The number of aliphatic hydroxyl groups excluding tert-OH is 1. The number of hydrogen-bond donors (Lipinski definition) is 2. The molecule has 0 aliphatic rings. The number of rotatable bonds is 5. The van der Waals surface area contributed by atoms with E-state index < -0.39 is 6.09 Å². The normalized spacial score (nSPS) is 11.7. The molecule has 0 saturated heterocycles. The summed E-state index contributed by atoms with van der Waals surface area (Å²) in [6.07, 6.45) is -0.547. The van der Waals surface area contributed by atoms with Crippen molar-refractivity contribution in [1.29, 1.82) is 0 Å². The summed E-state index contributed by atoms with van der Waals surface area (Å²) >= 11 is 0. The highest BCUT2D eigenvalue weighted by molar-refractivity contribution is 5.67. The minimum absolute atomic E-state index is 0.00331. The van der Waals surface area contributed by atoms with E-state index in [2.05, 4.69) is 5.32 Å². The van der Waals surface area contributed by atoms with E-state index >= 15 is 0 Å². The highest BCUT2D eigenvalue weighted by atomic mass is 16.6. The minimum atomic E-state index is -0.547. The van der Waals surface area contributed by atoms with Crippen LogP contribution in [-0.2, 0) is 4.74 Å². The smallest absolute Gasteiger partial charge is 0.407 e. The van der Waals surface area contributed by atoms with E-state index in [1.807, 2.05) is 31.2 Å². The molecule has 5 nitrogen and oxygen atoms in total. The number of amides is 1. The van der Waals surface area contributed by atoms with Crippen LogP contribution in [0.1, 0.15) is 18.5 Å². The number of carbonyl (C=O) groups is 1. The number of alkyl carbamates (subject to hydrolysis) is 1. The largest absolute Gasteiger partial charge is 0.497 e. The molecule has 94 valence electrons. The van der Waals surface area contributed by atoms with Crippen molar-refractivity contribution in [3.63, 3.8) is 0 Å². The fraction of sp³-hybridized carbons (Fsp3) is 0.417. The standard InChI is InChI=1S/C12H17NO4/c1-9(13-12(15)17-7-6-14)10-4-3-5-11(8-10)16-2/h3-5,8-9,14H,6-7H2,1-2H3,(H,13,15). The van der Waals surface area contributed by atoms with Gasteiger partial charge >= 0.3 is 6.09 Å². The van der Waals surface area contributed by atoms with Gasteiger partial charge in [-0.15, -0.1) is 0 Å². The highest BCUT2D eigenvalue weighted by Gasteiger charge is 2.10. The maximum absolute atomic E-state index is 11.3. The zero-order valence-electron chi connectivity index (χ0n) is 9.97. The van der Waals surface area contributed by atoms with Crippen molar-refractivity contribution < 1.29 is 19.4 Å². The average Bonchev–Trinajstić information content (AvgIpc) is 2.36. The summed E-state index contributed by atoms with van der Waals surface area (Å²) in [5.74, 6) is 0.736. The predicted octanol–water partition coefficient (Wildman–Crippen LogP) is 1.47. The van der Waals surface area contributed by atoms with Crippen molar-refractivity contribution in [2.45, 2.75) is 13.0 Å². The lowest BCUT2D eigenvalue weighted by molar-refractivity contribution is 0.116. The van der Waals surface area contributed by atoms with Crippen LogP contribution in [0.15, 0.2) is 24.3 Å². The van der Waals surface area contributed by atoms with Crippen LogP contribution in [-0.4, -0.2) is 31.5 Å². The summed E-state index contributed by atoms with van der Waals surface area (Å²) in [6, 6.07) is 7.23. The Kier molecular flexibility index (Phi) is 5.29. The van der Waals surface area contributed by atoms with Crippen LogP contribution in [0.5, 0.6) is 5.75 Å². The minimum Gasteiger partial charge on any atom is -0.497 e. The lowest BCUT2D eigenvalue weighted by atomic mass is 10.1. The van der Waals surface area contributed by atoms with Crippen LogP contribution >= 0.6 is 0 Å². The Morgan fingerprint density at radius 1 is 1.53 bits per heavy atom. The monoisotopic (exact) mass is 239 g/mol. The highest BCUT2D eigenvalue weighted by Crippen LogP contribution is 2.18. The predicted molar refractivity (Wildman–Crippen MR) is 63.0 cm³/mol. The number of nitrogens with one attached hydrogen (secondary N) is 1. The third-order valence-electron chi connectivity index (χ3n) is 2.25. The number of benzene rings is 1. The number of methoxy groups -OCH3 is 1. The molecular formula is C12H17NO4. The van der Waals surface area contributed by atoms with E-state index in [-0.39, 0.29) is 19.3 Å². The third-order valence-corrected chi connectivity index (χ3v) is 2.25. The molecular weight excluding hydrogens is 222 g/mol. The van der Waals surface area contributed by atoms with Gasteiger partial charge in [-0.1, -0.05) is 12.1 Å². The molecule has 0 aromatic heterocycles. The zero-order chi connectivity index (χ0) is 12.7. The molecule has 17 heavy (non-hydrogen) atoms.